The average molecular weight is 461 g/mol. The lowest BCUT2D eigenvalue weighted by atomic mass is 10.2. The van der Waals surface area contributed by atoms with Crippen LogP contribution in [0.3, 0.4) is 0 Å². The molecule has 2 aromatic rings. The Hall–Kier alpha value is -2.72. The first-order valence-electron chi connectivity index (χ1n) is 8.67. The van der Waals surface area contributed by atoms with Gasteiger partial charge in [-0.3, -0.25) is 9.10 Å². The second-order valence-corrected chi connectivity index (χ2v) is 8.50. The summed E-state index contributed by atoms with van der Waals surface area (Å²) in [5, 5.41) is 2.51. The van der Waals surface area contributed by atoms with Crippen molar-refractivity contribution in [3.05, 3.63) is 58.6 Å². The number of anilines is 2. The molecule has 162 valence electrons. The number of nitrogens with zero attached hydrogens (tertiary/aromatic N) is 1. The van der Waals surface area contributed by atoms with Gasteiger partial charge in [0.15, 0.2) is 11.6 Å². The van der Waals surface area contributed by atoms with Crippen molar-refractivity contribution in [2.24, 2.45) is 0 Å². The molecule has 1 unspecified atom stereocenters. The number of carbonyl (C=O) groups excluding carboxylic acids is 2. The van der Waals surface area contributed by atoms with Gasteiger partial charge in [0.2, 0.25) is 15.9 Å². The first kappa shape index (κ1) is 23.6. The first-order chi connectivity index (χ1) is 14.0. The Morgan fingerprint density at radius 2 is 1.83 bits per heavy atom. The van der Waals surface area contributed by atoms with E-state index in [1.165, 1.54) is 25.1 Å². The maximum Gasteiger partial charge on any atom is 0.339 e. The van der Waals surface area contributed by atoms with E-state index in [1.807, 2.05) is 0 Å². The molecule has 0 aliphatic carbocycles. The van der Waals surface area contributed by atoms with Crippen LogP contribution in [0.15, 0.2) is 36.4 Å². The van der Waals surface area contributed by atoms with Crippen LogP contribution >= 0.6 is 11.6 Å². The second kappa shape index (κ2) is 9.40. The molecular formula is C19H19ClF2N2O5S. The van der Waals surface area contributed by atoms with E-state index in [0.29, 0.717) is 10.4 Å². The second-order valence-electron chi connectivity index (χ2n) is 6.24. The third kappa shape index (κ3) is 5.45. The fourth-order valence-electron chi connectivity index (χ4n) is 2.64. The van der Waals surface area contributed by atoms with Gasteiger partial charge in [0, 0.05) is 11.8 Å². The Bertz CT molecular complexity index is 1080. The molecule has 0 heterocycles. The molecule has 1 N–H and O–H groups in total. The minimum atomic E-state index is -4.02. The van der Waals surface area contributed by atoms with Gasteiger partial charge in [-0.25, -0.2) is 22.0 Å². The number of amides is 1. The van der Waals surface area contributed by atoms with Crippen LogP contribution in [0.25, 0.3) is 0 Å². The maximum atomic E-state index is 13.6. The molecule has 0 fully saturated rings. The highest BCUT2D eigenvalue weighted by Crippen LogP contribution is 2.25. The van der Waals surface area contributed by atoms with E-state index in [0.717, 1.165) is 18.4 Å². The van der Waals surface area contributed by atoms with Gasteiger partial charge in [-0.1, -0.05) is 11.6 Å². The number of ether oxygens (including phenoxy) is 1. The van der Waals surface area contributed by atoms with Gasteiger partial charge in [-0.05, 0) is 44.2 Å². The molecule has 0 spiro atoms. The summed E-state index contributed by atoms with van der Waals surface area (Å²) >= 11 is 6.05. The Morgan fingerprint density at radius 1 is 1.17 bits per heavy atom. The highest BCUT2D eigenvalue weighted by molar-refractivity contribution is 7.92. The van der Waals surface area contributed by atoms with Gasteiger partial charge in [0.1, 0.15) is 6.04 Å². The fourth-order valence-corrected chi connectivity index (χ4v) is 4.07. The van der Waals surface area contributed by atoms with Crippen molar-refractivity contribution in [2.75, 3.05) is 22.5 Å². The van der Waals surface area contributed by atoms with E-state index in [4.69, 9.17) is 16.3 Å². The maximum absolute atomic E-state index is 13.6. The summed E-state index contributed by atoms with van der Waals surface area (Å²) in [6, 6.07) is 5.24. The SMILES string of the molecule is CCOC(=O)c1ccc(NC(=O)C(C)N(c2ccc(F)c(F)c2)S(C)(=O)=O)cc1Cl. The lowest BCUT2D eigenvalue weighted by Crippen LogP contribution is -2.45. The lowest BCUT2D eigenvalue weighted by molar-refractivity contribution is -0.116. The number of nitrogens with one attached hydrogen (secondary N) is 1. The van der Waals surface area contributed by atoms with Crippen LogP contribution in [0.1, 0.15) is 24.2 Å². The highest BCUT2D eigenvalue weighted by atomic mass is 35.5. The number of sulfonamides is 1. The molecule has 0 bridgehead atoms. The summed E-state index contributed by atoms with van der Waals surface area (Å²) in [7, 11) is -4.02. The number of rotatable bonds is 7. The molecule has 1 atom stereocenters. The van der Waals surface area contributed by atoms with E-state index >= 15 is 0 Å². The summed E-state index contributed by atoms with van der Waals surface area (Å²) in [6.45, 7) is 3.09. The molecule has 0 saturated carbocycles. The van der Waals surface area contributed by atoms with Crippen LogP contribution in [-0.2, 0) is 19.6 Å². The Morgan fingerprint density at radius 3 is 2.37 bits per heavy atom. The number of esters is 1. The summed E-state index contributed by atoms with van der Waals surface area (Å²) in [5.74, 6) is -3.80. The summed E-state index contributed by atoms with van der Waals surface area (Å²) in [6.07, 6.45) is 0.836. The van der Waals surface area contributed by atoms with Crippen molar-refractivity contribution in [2.45, 2.75) is 19.9 Å². The third-order valence-corrected chi connectivity index (χ3v) is 5.53. The van der Waals surface area contributed by atoms with E-state index in [-0.39, 0.29) is 28.6 Å². The van der Waals surface area contributed by atoms with Crippen LogP contribution in [0.4, 0.5) is 20.2 Å². The standard InChI is InChI=1S/C19H19ClF2N2O5S/c1-4-29-19(26)14-7-5-12(9-15(14)20)23-18(25)11(2)24(30(3,27)28)13-6-8-16(21)17(22)10-13/h5-11H,4H2,1-3H3,(H,23,25). The Labute approximate surface area is 177 Å². The van der Waals surface area contributed by atoms with E-state index < -0.39 is 39.6 Å². The molecule has 30 heavy (non-hydrogen) atoms. The third-order valence-electron chi connectivity index (χ3n) is 3.98. The smallest absolute Gasteiger partial charge is 0.339 e. The molecule has 2 aromatic carbocycles. The lowest BCUT2D eigenvalue weighted by Gasteiger charge is -2.28. The summed E-state index contributed by atoms with van der Waals surface area (Å²) in [5.41, 5.74) is 0.0856. The van der Waals surface area contributed by atoms with E-state index in [2.05, 4.69) is 5.32 Å². The van der Waals surface area contributed by atoms with Crippen molar-refractivity contribution in [3.63, 3.8) is 0 Å². The van der Waals surface area contributed by atoms with Crippen molar-refractivity contribution < 1.29 is 31.5 Å². The molecule has 7 nitrogen and oxygen atoms in total. The number of hydrogen-bond donors (Lipinski definition) is 1. The number of halogens is 3. The molecule has 0 aromatic heterocycles. The van der Waals surface area contributed by atoms with Crippen LogP contribution in [0, 0.1) is 11.6 Å². The summed E-state index contributed by atoms with van der Waals surface area (Å²) in [4.78, 5) is 24.4. The fraction of sp³-hybridized carbons (Fsp3) is 0.263. The zero-order valence-electron chi connectivity index (χ0n) is 16.3. The van der Waals surface area contributed by atoms with Gasteiger partial charge < -0.3 is 10.1 Å². The predicted octanol–water partition coefficient (Wildman–Crippen LogP) is 3.59. The largest absolute Gasteiger partial charge is 0.462 e. The van der Waals surface area contributed by atoms with Gasteiger partial charge >= 0.3 is 5.97 Å². The predicted molar refractivity (Wildman–Crippen MR) is 109 cm³/mol. The number of carbonyl (C=O) groups is 2. The molecule has 0 saturated heterocycles. The average Bonchev–Trinajstić information content (AvgIpc) is 2.63. The van der Waals surface area contributed by atoms with Gasteiger partial charge in [-0.15, -0.1) is 0 Å². The normalized spacial score (nSPS) is 12.2. The molecule has 0 radical (unpaired) electrons. The highest BCUT2D eigenvalue weighted by Gasteiger charge is 2.30. The summed E-state index contributed by atoms with van der Waals surface area (Å²) < 4.78 is 56.8. The molecule has 11 heteroatoms. The number of hydrogen-bond acceptors (Lipinski definition) is 5. The molecular weight excluding hydrogens is 442 g/mol. The van der Waals surface area contributed by atoms with Crippen molar-refractivity contribution in [1.29, 1.82) is 0 Å². The molecule has 1 amide bonds. The molecule has 0 aliphatic rings. The minimum Gasteiger partial charge on any atom is -0.462 e. The molecule has 0 aliphatic heterocycles. The zero-order chi connectivity index (χ0) is 22.6. The van der Waals surface area contributed by atoms with Gasteiger partial charge in [0.05, 0.1) is 29.1 Å². The van der Waals surface area contributed by atoms with Crippen LogP contribution in [0.2, 0.25) is 5.02 Å². The van der Waals surface area contributed by atoms with Crippen molar-refractivity contribution in [1.82, 2.24) is 0 Å². The van der Waals surface area contributed by atoms with Crippen molar-refractivity contribution in [3.8, 4) is 0 Å². The Balaban J connectivity index is 2.28. The first-order valence-corrected chi connectivity index (χ1v) is 10.9. The monoisotopic (exact) mass is 460 g/mol. The van der Waals surface area contributed by atoms with Crippen LogP contribution < -0.4 is 9.62 Å². The van der Waals surface area contributed by atoms with Gasteiger partial charge in [-0.2, -0.15) is 0 Å². The minimum absolute atomic E-state index is 0.0273. The van der Waals surface area contributed by atoms with Crippen molar-refractivity contribution >= 4 is 44.9 Å². The Kier molecular flexibility index (Phi) is 7.38. The zero-order valence-corrected chi connectivity index (χ0v) is 17.9. The van der Waals surface area contributed by atoms with Gasteiger partial charge in [0.25, 0.3) is 0 Å². The van der Waals surface area contributed by atoms with E-state index in [9.17, 15) is 26.8 Å². The quantitative estimate of drug-likeness (QED) is 0.637. The van der Waals surface area contributed by atoms with Crippen LogP contribution in [-0.4, -0.2) is 39.2 Å². The number of benzene rings is 2. The molecule has 2 rings (SSSR count). The topological polar surface area (TPSA) is 92.8 Å². The van der Waals surface area contributed by atoms with E-state index in [1.54, 1.807) is 6.92 Å². The van der Waals surface area contributed by atoms with Crippen LogP contribution in [0.5, 0.6) is 0 Å².